The number of nitrogens with zero attached hydrogens (tertiary/aromatic N) is 2. The average molecular weight is 488 g/mol. The van der Waals surface area contributed by atoms with E-state index >= 15 is 0 Å². The van der Waals surface area contributed by atoms with Crippen molar-refractivity contribution in [2.75, 3.05) is 45.4 Å². The summed E-state index contributed by atoms with van der Waals surface area (Å²) < 4.78 is 15.9. The number of halogens is 1. The van der Waals surface area contributed by atoms with Crippen molar-refractivity contribution in [2.45, 2.75) is 18.9 Å². The molecule has 0 saturated carbocycles. The fourth-order valence-corrected chi connectivity index (χ4v) is 3.46. The predicted molar refractivity (Wildman–Crippen MR) is 112 cm³/mol. The summed E-state index contributed by atoms with van der Waals surface area (Å²) >= 11 is 0. The number of hydrogen-bond acceptors (Lipinski definition) is 7. The number of anilines is 1. The van der Waals surface area contributed by atoms with E-state index in [1.165, 1.54) is 0 Å². The zero-order valence-electron chi connectivity index (χ0n) is 15.3. The lowest BCUT2D eigenvalue weighted by Gasteiger charge is -2.35. The summed E-state index contributed by atoms with van der Waals surface area (Å²) in [5.74, 6) is 2.38. The van der Waals surface area contributed by atoms with Gasteiger partial charge in [-0.25, -0.2) is 0 Å². The molecule has 0 aromatic heterocycles. The molecule has 1 aromatic rings. The smallest absolute Gasteiger partial charge is 0.231 e. The van der Waals surface area contributed by atoms with Crippen LogP contribution in [0.15, 0.2) is 23.2 Å². The molecule has 9 heteroatoms. The lowest BCUT2D eigenvalue weighted by Crippen LogP contribution is -2.51. The second-order valence-corrected chi connectivity index (χ2v) is 6.72. The SMILES string of the molecule is COC1CN=C(N2CCC(C(=O)Nc3ccc4c(c3)OCO4)CC2)NC1.I. The standard InChI is InChI=1S/C18H24N4O4.HI/c1-24-14-9-19-18(20-10-14)22-6-4-12(5-7-22)17(23)21-13-2-3-15-16(8-13)26-11-25-15;/h2-3,8,12,14H,4-7,9-11H2,1H3,(H,19,20)(H,21,23);1H. The topological polar surface area (TPSA) is 84.4 Å². The molecule has 1 amide bonds. The third-order valence-corrected chi connectivity index (χ3v) is 5.07. The van der Waals surface area contributed by atoms with Crippen molar-refractivity contribution in [3.63, 3.8) is 0 Å². The van der Waals surface area contributed by atoms with Crippen LogP contribution in [0.25, 0.3) is 0 Å². The molecule has 0 aliphatic carbocycles. The minimum atomic E-state index is 0. The third kappa shape index (κ3) is 4.57. The lowest BCUT2D eigenvalue weighted by molar-refractivity contribution is -0.121. The number of aliphatic imine (C=N–C) groups is 1. The Morgan fingerprint density at radius 2 is 2.07 bits per heavy atom. The molecule has 0 radical (unpaired) electrons. The van der Waals surface area contributed by atoms with Crippen LogP contribution in [-0.2, 0) is 9.53 Å². The monoisotopic (exact) mass is 488 g/mol. The number of rotatable bonds is 3. The molecule has 4 rings (SSSR count). The first-order valence-electron chi connectivity index (χ1n) is 8.99. The maximum atomic E-state index is 12.6. The van der Waals surface area contributed by atoms with Gasteiger partial charge in [-0.2, -0.15) is 0 Å². The molecule has 1 atom stereocenters. The van der Waals surface area contributed by atoms with E-state index in [-0.39, 0.29) is 48.7 Å². The zero-order chi connectivity index (χ0) is 17.9. The molecule has 1 fully saturated rings. The third-order valence-electron chi connectivity index (χ3n) is 5.07. The Labute approximate surface area is 175 Å². The zero-order valence-corrected chi connectivity index (χ0v) is 17.6. The highest BCUT2D eigenvalue weighted by Gasteiger charge is 2.28. The van der Waals surface area contributed by atoms with E-state index < -0.39 is 0 Å². The Morgan fingerprint density at radius 3 is 2.78 bits per heavy atom. The van der Waals surface area contributed by atoms with E-state index in [9.17, 15) is 4.79 Å². The fraction of sp³-hybridized carbons (Fsp3) is 0.556. The Hall–Kier alpha value is -1.75. The van der Waals surface area contributed by atoms with Gasteiger partial charge in [0.25, 0.3) is 0 Å². The minimum Gasteiger partial charge on any atom is -0.454 e. The van der Waals surface area contributed by atoms with Crippen LogP contribution in [-0.4, -0.2) is 63.0 Å². The summed E-state index contributed by atoms with van der Waals surface area (Å²) in [4.78, 5) is 19.3. The number of carbonyl (C=O) groups excluding carboxylic acids is 1. The van der Waals surface area contributed by atoms with Crippen molar-refractivity contribution in [3.05, 3.63) is 18.2 Å². The van der Waals surface area contributed by atoms with E-state index in [0.29, 0.717) is 18.0 Å². The number of benzene rings is 1. The lowest BCUT2D eigenvalue weighted by atomic mass is 9.96. The van der Waals surface area contributed by atoms with Gasteiger partial charge in [-0.05, 0) is 25.0 Å². The highest BCUT2D eigenvalue weighted by molar-refractivity contribution is 14.0. The van der Waals surface area contributed by atoms with Gasteiger partial charge in [-0.15, -0.1) is 24.0 Å². The van der Waals surface area contributed by atoms with Gasteiger partial charge >= 0.3 is 0 Å². The van der Waals surface area contributed by atoms with Crippen LogP contribution in [0, 0.1) is 5.92 Å². The van der Waals surface area contributed by atoms with Crippen molar-refractivity contribution in [1.29, 1.82) is 0 Å². The van der Waals surface area contributed by atoms with Crippen LogP contribution >= 0.6 is 24.0 Å². The first-order valence-corrected chi connectivity index (χ1v) is 8.99. The van der Waals surface area contributed by atoms with Crippen molar-refractivity contribution >= 4 is 41.5 Å². The summed E-state index contributed by atoms with van der Waals surface area (Å²) in [5, 5.41) is 6.32. The molecule has 1 aromatic carbocycles. The highest BCUT2D eigenvalue weighted by atomic mass is 127. The number of carbonyl (C=O) groups is 1. The van der Waals surface area contributed by atoms with Gasteiger partial charge < -0.3 is 29.7 Å². The first-order chi connectivity index (χ1) is 12.7. The second kappa shape index (κ2) is 8.96. The van der Waals surface area contributed by atoms with Gasteiger partial charge in [-0.3, -0.25) is 9.79 Å². The van der Waals surface area contributed by atoms with E-state index in [1.54, 1.807) is 7.11 Å². The van der Waals surface area contributed by atoms with Crippen LogP contribution in [0.4, 0.5) is 5.69 Å². The van der Waals surface area contributed by atoms with E-state index in [1.807, 2.05) is 18.2 Å². The molecule has 3 aliphatic heterocycles. The van der Waals surface area contributed by atoms with E-state index in [2.05, 4.69) is 20.5 Å². The minimum absolute atomic E-state index is 0. The van der Waals surface area contributed by atoms with E-state index in [0.717, 1.165) is 44.1 Å². The molecule has 0 spiro atoms. The number of hydrogen-bond donors (Lipinski definition) is 2. The number of guanidine groups is 1. The largest absolute Gasteiger partial charge is 0.454 e. The number of ether oxygens (including phenoxy) is 3. The average Bonchev–Trinajstić information content (AvgIpc) is 3.16. The normalized spacial score (nSPS) is 21.7. The quantitative estimate of drug-likeness (QED) is 0.630. The van der Waals surface area contributed by atoms with Crippen LogP contribution in [0.5, 0.6) is 11.5 Å². The Bertz CT molecular complexity index is 707. The van der Waals surface area contributed by atoms with Gasteiger partial charge in [0.1, 0.15) is 0 Å². The molecular weight excluding hydrogens is 463 g/mol. The molecule has 3 aliphatic rings. The number of amides is 1. The maximum absolute atomic E-state index is 12.6. The number of likely N-dealkylation sites (tertiary alicyclic amines) is 1. The fourth-order valence-electron chi connectivity index (χ4n) is 3.46. The number of piperidine rings is 1. The van der Waals surface area contributed by atoms with Crippen molar-refractivity contribution in [2.24, 2.45) is 10.9 Å². The molecule has 27 heavy (non-hydrogen) atoms. The van der Waals surface area contributed by atoms with Gasteiger partial charge in [0.05, 0.1) is 12.6 Å². The molecule has 8 nitrogen and oxygen atoms in total. The van der Waals surface area contributed by atoms with Crippen LogP contribution in [0.1, 0.15) is 12.8 Å². The summed E-state index contributed by atoms with van der Waals surface area (Å²) in [6.45, 7) is 3.34. The van der Waals surface area contributed by atoms with Gasteiger partial charge in [0, 0.05) is 44.4 Å². The molecule has 3 heterocycles. The van der Waals surface area contributed by atoms with E-state index in [4.69, 9.17) is 14.2 Å². The van der Waals surface area contributed by atoms with Gasteiger partial charge in [0.15, 0.2) is 17.5 Å². The second-order valence-electron chi connectivity index (χ2n) is 6.72. The molecule has 148 valence electrons. The van der Waals surface area contributed by atoms with Crippen LogP contribution in [0.2, 0.25) is 0 Å². The Balaban J connectivity index is 0.00000210. The van der Waals surface area contributed by atoms with Crippen molar-refractivity contribution < 1.29 is 19.0 Å². The van der Waals surface area contributed by atoms with Crippen LogP contribution in [0.3, 0.4) is 0 Å². The molecular formula is C18H25IN4O4. The Morgan fingerprint density at radius 1 is 1.30 bits per heavy atom. The molecule has 0 bridgehead atoms. The summed E-state index contributed by atoms with van der Waals surface area (Å²) in [6, 6.07) is 5.47. The number of methoxy groups -OCH3 is 1. The number of nitrogens with one attached hydrogen (secondary N) is 2. The van der Waals surface area contributed by atoms with Gasteiger partial charge in [-0.1, -0.05) is 0 Å². The molecule has 1 unspecified atom stereocenters. The number of fused-ring (bicyclic) bond motifs is 1. The molecule has 2 N–H and O–H groups in total. The predicted octanol–water partition coefficient (Wildman–Crippen LogP) is 1.66. The van der Waals surface area contributed by atoms with Gasteiger partial charge in [0.2, 0.25) is 12.7 Å². The highest BCUT2D eigenvalue weighted by Crippen LogP contribution is 2.34. The van der Waals surface area contributed by atoms with Crippen LogP contribution < -0.4 is 20.1 Å². The van der Waals surface area contributed by atoms with Crippen molar-refractivity contribution in [3.8, 4) is 11.5 Å². The Kier molecular flexibility index (Phi) is 6.64. The summed E-state index contributed by atoms with van der Waals surface area (Å²) in [7, 11) is 1.71. The summed E-state index contributed by atoms with van der Waals surface area (Å²) in [5.41, 5.74) is 0.741. The van der Waals surface area contributed by atoms with Crippen molar-refractivity contribution in [1.82, 2.24) is 10.2 Å². The molecule has 1 saturated heterocycles. The maximum Gasteiger partial charge on any atom is 0.231 e. The summed E-state index contributed by atoms with van der Waals surface area (Å²) in [6.07, 6.45) is 1.76. The first kappa shape index (κ1) is 20.0.